The Kier molecular flexibility index (Phi) is 3.04. The van der Waals surface area contributed by atoms with Crippen LogP contribution in [0.4, 0.5) is 5.88 Å². The lowest BCUT2D eigenvalue weighted by molar-refractivity contribution is -0.136. The molecule has 0 saturated carbocycles. The molecule has 0 amide bonds. The Morgan fingerprint density at radius 2 is 2.12 bits per heavy atom. The summed E-state index contributed by atoms with van der Waals surface area (Å²) >= 11 is 0. The number of aryl methyl sites for hydroxylation is 1. The predicted molar refractivity (Wildman–Crippen MR) is 60.1 cm³/mol. The number of carboxylic acid groups (broad SMARTS) is 1. The van der Waals surface area contributed by atoms with Crippen molar-refractivity contribution in [1.29, 1.82) is 0 Å². The number of hydrogen-bond donors (Lipinski definition) is 2. The van der Waals surface area contributed by atoms with Crippen molar-refractivity contribution in [3.8, 4) is 11.1 Å². The number of rotatable bonds is 4. The summed E-state index contributed by atoms with van der Waals surface area (Å²) in [5.74, 6) is -0.691. The highest BCUT2D eigenvalue weighted by molar-refractivity contribution is 5.75. The van der Waals surface area contributed by atoms with Gasteiger partial charge in [0.05, 0.1) is 17.7 Å². The molecular formula is C11H11N3O3. The van der Waals surface area contributed by atoms with Crippen LogP contribution in [0.15, 0.2) is 29.0 Å². The Morgan fingerprint density at radius 1 is 1.41 bits per heavy atom. The molecule has 0 aliphatic rings. The van der Waals surface area contributed by atoms with E-state index in [0.717, 1.165) is 5.56 Å². The molecule has 17 heavy (non-hydrogen) atoms. The third-order valence-corrected chi connectivity index (χ3v) is 2.33. The third kappa shape index (κ3) is 2.41. The quantitative estimate of drug-likeness (QED) is 0.825. The van der Waals surface area contributed by atoms with E-state index in [-0.39, 0.29) is 18.7 Å². The van der Waals surface area contributed by atoms with Gasteiger partial charge in [0.2, 0.25) is 5.88 Å². The van der Waals surface area contributed by atoms with E-state index in [1.54, 1.807) is 24.5 Å². The average Bonchev–Trinajstić information content (AvgIpc) is 2.69. The topological polar surface area (TPSA) is 102 Å². The summed E-state index contributed by atoms with van der Waals surface area (Å²) in [5, 5.41) is 12.4. The summed E-state index contributed by atoms with van der Waals surface area (Å²) in [4.78, 5) is 14.4. The Hall–Kier alpha value is -2.37. The van der Waals surface area contributed by atoms with Crippen LogP contribution in [0, 0.1) is 0 Å². The molecule has 0 radical (unpaired) electrons. The van der Waals surface area contributed by atoms with Crippen LogP contribution in [0.25, 0.3) is 11.1 Å². The molecule has 2 rings (SSSR count). The van der Waals surface area contributed by atoms with E-state index < -0.39 is 5.97 Å². The van der Waals surface area contributed by atoms with Gasteiger partial charge >= 0.3 is 5.97 Å². The number of nitrogens with two attached hydrogens (primary N) is 1. The smallest absolute Gasteiger partial charge is 0.303 e. The Bertz CT molecular complexity index is 522. The van der Waals surface area contributed by atoms with E-state index in [2.05, 4.69) is 10.1 Å². The largest absolute Gasteiger partial charge is 0.481 e. The first kappa shape index (κ1) is 11.1. The zero-order valence-corrected chi connectivity index (χ0v) is 8.96. The second-order valence-electron chi connectivity index (χ2n) is 3.50. The summed E-state index contributed by atoms with van der Waals surface area (Å²) in [6.07, 6.45) is 3.53. The Labute approximate surface area is 97.1 Å². The van der Waals surface area contributed by atoms with E-state index >= 15 is 0 Å². The van der Waals surface area contributed by atoms with Crippen LogP contribution in [-0.4, -0.2) is 21.2 Å². The molecule has 88 valence electrons. The summed E-state index contributed by atoms with van der Waals surface area (Å²) < 4.78 is 4.90. The number of nitrogen functional groups attached to an aromatic ring is 1. The van der Waals surface area contributed by atoms with Crippen LogP contribution >= 0.6 is 0 Å². The van der Waals surface area contributed by atoms with E-state index in [0.29, 0.717) is 11.3 Å². The zero-order valence-electron chi connectivity index (χ0n) is 8.96. The first-order valence-corrected chi connectivity index (χ1v) is 5.04. The molecule has 0 spiro atoms. The number of anilines is 1. The van der Waals surface area contributed by atoms with Gasteiger partial charge < -0.3 is 15.4 Å². The van der Waals surface area contributed by atoms with Crippen LogP contribution in [0.3, 0.4) is 0 Å². The first-order valence-electron chi connectivity index (χ1n) is 5.04. The fraction of sp³-hybridized carbons (Fsp3) is 0.182. The van der Waals surface area contributed by atoms with E-state index in [1.807, 2.05) is 0 Å². The van der Waals surface area contributed by atoms with Gasteiger partial charge in [0.15, 0.2) is 0 Å². The summed E-state index contributed by atoms with van der Waals surface area (Å²) in [6.45, 7) is 0. The molecule has 0 aromatic carbocycles. The lowest BCUT2D eigenvalue weighted by atomic mass is 10.0. The lowest BCUT2D eigenvalue weighted by Crippen LogP contribution is -1.99. The van der Waals surface area contributed by atoms with Crippen molar-refractivity contribution in [1.82, 2.24) is 10.1 Å². The van der Waals surface area contributed by atoms with Crippen molar-refractivity contribution < 1.29 is 14.4 Å². The fourth-order valence-electron chi connectivity index (χ4n) is 1.56. The molecule has 2 aromatic heterocycles. The van der Waals surface area contributed by atoms with Crippen molar-refractivity contribution >= 4 is 11.9 Å². The van der Waals surface area contributed by atoms with Gasteiger partial charge in [-0.15, -0.1) is 0 Å². The van der Waals surface area contributed by atoms with Crippen LogP contribution < -0.4 is 5.73 Å². The van der Waals surface area contributed by atoms with Gasteiger partial charge in [-0.25, -0.2) is 0 Å². The molecule has 2 aromatic rings. The van der Waals surface area contributed by atoms with Crippen molar-refractivity contribution in [2.75, 3.05) is 5.73 Å². The maximum absolute atomic E-state index is 10.5. The Morgan fingerprint density at radius 3 is 2.76 bits per heavy atom. The van der Waals surface area contributed by atoms with Crippen molar-refractivity contribution in [2.24, 2.45) is 0 Å². The molecule has 6 nitrogen and oxygen atoms in total. The second-order valence-corrected chi connectivity index (χ2v) is 3.50. The number of nitrogens with zero attached hydrogens (tertiary/aromatic N) is 2. The van der Waals surface area contributed by atoms with E-state index in [9.17, 15) is 4.79 Å². The number of pyridine rings is 1. The van der Waals surface area contributed by atoms with Crippen molar-refractivity contribution in [3.63, 3.8) is 0 Å². The summed E-state index contributed by atoms with van der Waals surface area (Å²) in [5.41, 5.74) is 7.70. The van der Waals surface area contributed by atoms with Crippen LogP contribution in [0.5, 0.6) is 0 Å². The summed E-state index contributed by atoms with van der Waals surface area (Å²) in [7, 11) is 0. The van der Waals surface area contributed by atoms with E-state index in [1.165, 1.54) is 0 Å². The highest BCUT2D eigenvalue weighted by Crippen LogP contribution is 2.29. The number of aromatic nitrogens is 2. The number of aliphatic carboxylic acids is 1. The van der Waals surface area contributed by atoms with E-state index in [4.69, 9.17) is 15.4 Å². The standard InChI is InChI=1S/C11H11N3O3/c12-11-10(7-3-5-13-6-4-7)8(14-17-11)1-2-9(15)16/h3-6H,1-2,12H2,(H,15,16). The molecule has 2 heterocycles. The van der Waals surface area contributed by atoms with Gasteiger partial charge in [-0.05, 0) is 17.7 Å². The van der Waals surface area contributed by atoms with Crippen molar-refractivity contribution in [2.45, 2.75) is 12.8 Å². The molecule has 0 bridgehead atoms. The van der Waals surface area contributed by atoms with Crippen LogP contribution in [0.1, 0.15) is 12.1 Å². The maximum Gasteiger partial charge on any atom is 0.303 e. The first-order chi connectivity index (χ1) is 8.18. The third-order valence-electron chi connectivity index (χ3n) is 2.33. The minimum Gasteiger partial charge on any atom is -0.481 e. The minimum atomic E-state index is -0.882. The van der Waals surface area contributed by atoms with Crippen molar-refractivity contribution in [3.05, 3.63) is 30.2 Å². The second kappa shape index (κ2) is 4.65. The maximum atomic E-state index is 10.5. The van der Waals surface area contributed by atoms with Gasteiger partial charge in [0, 0.05) is 18.8 Å². The normalized spacial score (nSPS) is 10.4. The highest BCUT2D eigenvalue weighted by Gasteiger charge is 2.16. The molecule has 0 saturated heterocycles. The van der Waals surface area contributed by atoms with Crippen LogP contribution in [-0.2, 0) is 11.2 Å². The monoisotopic (exact) mass is 233 g/mol. The van der Waals surface area contributed by atoms with Gasteiger partial charge in [-0.3, -0.25) is 9.78 Å². The van der Waals surface area contributed by atoms with Crippen LogP contribution in [0.2, 0.25) is 0 Å². The SMILES string of the molecule is Nc1onc(CCC(=O)O)c1-c1ccncc1. The summed E-state index contributed by atoms with van der Waals surface area (Å²) in [6, 6.07) is 3.54. The molecule has 0 aliphatic carbocycles. The Balaban J connectivity index is 2.33. The minimum absolute atomic E-state index is 0.00986. The molecule has 0 fully saturated rings. The molecular weight excluding hydrogens is 222 g/mol. The van der Waals surface area contributed by atoms with Gasteiger partial charge in [0.1, 0.15) is 0 Å². The van der Waals surface area contributed by atoms with Gasteiger partial charge in [-0.1, -0.05) is 5.16 Å². The molecule has 3 N–H and O–H groups in total. The molecule has 0 atom stereocenters. The average molecular weight is 233 g/mol. The number of hydrogen-bond acceptors (Lipinski definition) is 5. The fourth-order valence-corrected chi connectivity index (χ4v) is 1.56. The predicted octanol–water partition coefficient (Wildman–Crippen LogP) is 1.34. The van der Waals surface area contributed by atoms with Gasteiger partial charge in [0.25, 0.3) is 0 Å². The van der Waals surface area contributed by atoms with Gasteiger partial charge in [-0.2, -0.15) is 0 Å². The molecule has 0 aliphatic heterocycles. The zero-order chi connectivity index (χ0) is 12.3. The number of carbonyl (C=O) groups is 1. The number of carboxylic acids is 1. The highest BCUT2D eigenvalue weighted by atomic mass is 16.5. The molecule has 0 unspecified atom stereocenters. The molecule has 6 heteroatoms. The lowest BCUT2D eigenvalue weighted by Gasteiger charge is -2.00.